The normalized spacial score (nSPS) is 16.8. The van der Waals surface area contributed by atoms with Crippen molar-refractivity contribution < 1.29 is 13.5 Å². The Hall–Kier alpha value is -3.12. The van der Waals surface area contributed by atoms with E-state index in [0.29, 0.717) is 17.7 Å². The van der Waals surface area contributed by atoms with Gasteiger partial charge in [0.1, 0.15) is 5.75 Å². The summed E-state index contributed by atoms with van der Waals surface area (Å²) in [4.78, 5) is 0.191. The SMILES string of the molecule is Cc1ccccc1C1CC(c2ccccc2O)=NN1S(=O)(=O)c1ccccc1. The molecule has 0 aromatic heterocycles. The first-order valence-corrected chi connectivity index (χ1v) is 10.4. The molecule has 1 unspecified atom stereocenters. The van der Waals surface area contributed by atoms with Gasteiger partial charge in [0.25, 0.3) is 10.0 Å². The standard InChI is InChI=1S/C22H20N2O3S/c1-16-9-5-6-12-18(16)21-15-20(19-13-7-8-14-22(19)25)23-24(21)28(26,27)17-10-3-2-4-11-17/h2-14,21,25H,15H2,1H3. The summed E-state index contributed by atoms with van der Waals surface area (Å²) >= 11 is 0. The molecule has 1 aliphatic heterocycles. The van der Waals surface area contributed by atoms with Gasteiger partial charge in [-0.15, -0.1) is 0 Å². The molecule has 3 aromatic carbocycles. The Balaban J connectivity index is 1.85. The fourth-order valence-electron chi connectivity index (χ4n) is 3.48. The molecular weight excluding hydrogens is 372 g/mol. The topological polar surface area (TPSA) is 70.0 Å². The first kappa shape index (κ1) is 18.3. The summed E-state index contributed by atoms with van der Waals surface area (Å²) in [5.41, 5.74) is 2.99. The third-order valence-electron chi connectivity index (χ3n) is 4.92. The van der Waals surface area contributed by atoms with Crippen LogP contribution < -0.4 is 0 Å². The van der Waals surface area contributed by atoms with Gasteiger partial charge >= 0.3 is 0 Å². The van der Waals surface area contributed by atoms with Gasteiger partial charge < -0.3 is 5.11 Å². The van der Waals surface area contributed by atoms with Crippen LogP contribution in [0, 0.1) is 6.92 Å². The predicted molar refractivity (Wildman–Crippen MR) is 109 cm³/mol. The number of aromatic hydroxyl groups is 1. The molecule has 1 atom stereocenters. The first-order valence-electron chi connectivity index (χ1n) is 8.99. The summed E-state index contributed by atoms with van der Waals surface area (Å²) in [6, 6.07) is 22.4. The predicted octanol–water partition coefficient (Wildman–Crippen LogP) is 4.24. The quantitative estimate of drug-likeness (QED) is 0.722. The average molecular weight is 392 g/mol. The fraction of sp³-hybridized carbons (Fsp3) is 0.136. The first-order chi connectivity index (χ1) is 13.5. The minimum Gasteiger partial charge on any atom is -0.507 e. The summed E-state index contributed by atoms with van der Waals surface area (Å²) in [6.07, 6.45) is 0.383. The number of phenolic OH excluding ortho intramolecular Hbond substituents is 1. The Labute approximate surface area is 164 Å². The van der Waals surface area contributed by atoms with Gasteiger partial charge in [-0.25, -0.2) is 0 Å². The highest BCUT2D eigenvalue weighted by molar-refractivity contribution is 7.89. The van der Waals surface area contributed by atoms with E-state index in [2.05, 4.69) is 5.10 Å². The molecule has 28 heavy (non-hydrogen) atoms. The molecule has 1 heterocycles. The van der Waals surface area contributed by atoms with E-state index in [0.717, 1.165) is 11.1 Å². The van der Waals surface area contributed by atoms with Crippen molar-refractivity contribution in [1.82, 2.24) is 4.41 Å². The van der Waals surface area contributed by atoms with Crippen LogP contribution in [-0.4, -0.2) is 23.7 Å². The van der Waals surface area contributed by atoms with E-state index >= 15 is 0 Å². The minimum absolute atomic E-state index is 0.0868. The third kappa shape index (κ3) is 3.16. The lowest BCUT2D eigenvalue weighted by atomic mass is 9.96. The van der Waals surface area contributed by atoms with Crippen LogP contribution in [0.25, 0.3) is 0 Å². The van der Waals surface area contributed by atoms with Crippen LogP contribution in [0.5, 0.6) is 5.75 Å². The Bertz CT molecular complexity index is 1140. The van der Waals surface area contributed by atoms with Crippen molar-refractivity contribution in [2.24, 2.45) is 5.10 Å². The maximum Gasteiger partial charge on any atom is 0.279 e. The van der Waals surface area contributed by atoms with E-state index in [-0.39, 0.29) is 10.6 Å². The summed E-state index contributed by atoms with van der Waals surface area (Å²) < 4.78 is 27.9. The van der Waals surface area contributed by atoms with Crippen LogP contribution in [0.4, 0.5) is 0 Å². The Kier molecular flexibility index (Phi) is 4.65. The number of nitrogens with zero attached hydrogens (tertiary/aromatic N) is 2. The van der Waals surface area contributed by atoms with Crippen molar-refractivity contribution in [3.8, 4) is 5.75 Å². The molecule has 3 aromatic rings. The van der Waals surface area contributed by atoms with Crippen molar-refractivity contribution in [3.05, 3.63) is 95.6 Å². The van der Waals surface area contributed by atoms with E-state index in [1.54, 1.807) is 54.6 Å². The Morgan fingerprint density at radius 2 is 1.57 bits per heavy atom. The van der Waals surface area contributed by atoms with Crippen LogP contribution >= 0.6 is 0 Å². The number of para-hydroxylation sites is 1. The maximum absolute atomic E-state index is 13.3. The van der Waals surface area contributed by atoms with Crippen LogP contribution in [-0.2, 0) is 10.0 Å². The summed E-state index contributed by atoms with van der Waals surface area (Å²) in [7, 11) is -3.84. The van der Waals surface area contributed by atoms with E-state index < -0.39 is 16.1 Å². The second-order valence-electron chi connectivity index (χ2n) is 6.73. The molecule has 0 saturated carbocycles. The molecule has 0 aliphatic carbocycles. The lowest BCUT2D eigenvalue weighted by molar-refractivity contribution is 0.370. The maximum atomic E-state index is 13.3. The highest BCUT2D eigenvalue weighted by Crippen LogP contribution is 2.39. The van der Waals surface area contributed by atoms with Gasteiger partial charge in [-0.3, -0.25) is 0 Å². The van der Waals surface area contributed by atoms with Crippen molar-refractivity contribution in [2.75, 3.05) is 0 Å². The molecule has 0 amide bonds. The molecule has 0 spiro atoms. The van der Waals surface area contributed by atoms with Crippen LogP contribution in [0.15, 0.2) is 88.9 Å². The molecule has 1 N–H and O–H groups in total. The van der Waals surface area contributed by atoms with E-state index in [1.807, 2.05) is 31.2 Å². The number of hydrogen-bond acceptors (Lipinski definition) is 4. The summed E-state index contributed by atoms with van der Waals surface area (Å²) in [5, 5.41) is 14.7. The number of hydrazone groups is 1. The second-order valence-corrected chi connectivity index (χ2v) is 8.53. The molecule has 0 bridgehead atoms. The highest BCUT2D eigenvalue weighted by atomic mass is 32.2. The number of hydrogen-bond donors (Lipinski definition) is 1. The van der Waals surface area contributed by atoms with Gasteiger partial charge in [0, 0.05) is 12.0 Å². The van der Waals surface area contributed by atoms with Crippen molar-refractivity contribution >= 4 is 15.7 Å². The monoisotopic (exact) mass is 392 g/mol. The third-order valence-corrected chi connectivity index (χ3v) is 6.62. The molecule has 5 nitrogen and oxygen atoms in total. The molecule has 1 aliphatic rings. The summed E-state index contributed by atoms with van der Waals surface area (Å²) in [6.45, 7) is 1.96. The smallest absolute Gasteiger partial charge is 0.279 e. The number of phenols is 1. The molecule has 4 rings (SSSR count). The molecule has 0 radical (unpaired) electrons. The zero-order valence-corrected chi connectivity index (χ0v) is 16.2. The summed E-state index contributed by atoms with van der Waals surface area (Å²) in [5.74, 6) is 0.0868. The number of benzene rings is 3. The van der Waals surface area contributed by atoms with Crippen molar-refractivity contribution in [2.45, 2.75) is 24.3 Å². The van der Waals surface area contributed by atoms with Crippen molar-refractivity contribution in [1.29, 1.82) is 0 Å². The lowest BCUT2D eigenvalue weighted by Gasteiger charge is -2.24. The largest absolute Gasteiger partial charge is 0.507 e. The Morgan fingerprint density at radius 3 is 2.29 bits per heavy atom. The Morgan fingerprint density at radius 1 is 0.929 bits per heavy atom. The zero-order chi connectivity index (χ0) is 19.7. The van der Waals surface area contributed by atoms with Gasteiger partial charge in [0.15, 0.2) is 0 Å². The van der Waals surface area contributed by atoms with Gasteiger partial charge in [0.2, 0.25) is 0 Å². The number of rotatable bonds is 4. The van der Waals surface area contributed by atoms with Crippen LogP contribution in [0.3, 0.4) is 0 Å². The lowest BCUT2D eigenvalue weighted by Crippen LogP contribution is -2.27. The number of aryl methyl sites for hydroxylation is 1. The van der Waals surface area contributed by atoms with Gasteiger partial charge in [-0.2, -0.15) is 17.9 Å². The van der Waals surface area contributed by atoms with Crippen LogP contribution in [0.2, 0.25) is 0 Å². The van der Waals surface area contributed by atoms with Gasteiger partial charge in [0.05, 0.1) is 16.6 Å². The van der Waals surface area contributed by atoms with Gasteiger partial charge in [-0.05, 0) is 42.3 Å². The molecule has 6 heteroatoms. The highest BCUT2D eigenvalue weighted by Gasteiger charge is 2.38. The minimum atomic E-state index is -3.84. The molecule has 0 saturated heterocycles. The van der Waals surface area contributed by atoms with E-state index in [1.165, 1.54) is 4.41 Å². The second kappa shape index (κ2) is 7.13. The van der Waals surface area contributed by atoms with E-state index in [9.17, 15) is 13.5 Å². The number of sulfonamides is 1. The van der Waals surface area contributed by atoms with Crippen molar-refractivity contribution in [3.63, 3.8) is 0 Å². The van der Waals surface area contributed by atoms with E-state index in [4.69, 9.17) is 0 Å². The molecule has 0 fully saturated rings. The zero-order valence-electron chi connectivity index (χ0n) is 15.4. The van der Waals surface area contributed by atoms with Gasteiger partial charge in [-0.1, -0.05) is 54.6 Å². The van der Waals surface area contributed by atoms with Crippen LogP contribution in [0.1, 0.15) is 29.2 Å². The average Bonchev–Trinajstić information content (AvgIpc) is 3.15. The fourth-order valence-corrected chi connectivity index (χ4v) is 4.93. The molecule has 142 valence electrons. The molecular formula is C22H20N2O3S.